The number of nitrogens with two attached hydrogens (primary N) is 1. The maximum absolute atomic E-state index is 10.9. The molecule has 1 atom stereocenters. The number of ketones is 1. The van der Waals surface area contributed by atoms with Gasteiger partial charge in [-0.3, -0.25) is 4.79 Å². The predicted molar refractivity (Wildman–Crippen MR) is 46.6 cm³/mol. The summed E-state index contributed by atoms with van der Waals surface area (Å²) >= 11 is 0. The van der Waals surface area contributed by atoms with Gasteiger partial charge in [-0.25, -0.2) is 4.98 Å². The number of aromatic nitrogens is 1. The second-order valence-corrected chi connectivity index (χ2v) is 2.68. The van der Waals surface area contributed by atoms with Gasteiger partial charge >= 0.3 is 0 Å². The molecule has 0 aromatic carbocycles. The topological polar surface area (TPSA) is 79.8 Å². The smallest absolute Gasteiger partial charge is 0.151 e. The van der Waals surface area contributed by atoms with Gasteiger partial charge in [-0.2, -0.15) is 5.26 Å². The highest BCUT2D eigenvalue weighted by atomic mass is 16.1. The monoisotopic (exact) mass is 175 g/mol. The second-order valence-electron chi connectivity index (χ2n) is 2.68. The van der Waals surface area contributed by atoms with E-state index in [0.29, 0.717) is 11.3 Å². The molecule has 1 unspecified atom stereocenters. The number of carbonyl (C=O) groups is 1. The Morgan fingerprint density at radius 2 is 2.38 bits per heavy atom. The molecule has 1 heterocycles. The van der Waals surface area contributed by atoms with Crippen LogP contribution in [0.2, 0.25) is 0 Å². The number of rotatable bonds is 2. The van der Waals surface area contributed by atoms with E-state index in [1.54, 1.807) is 6.07 Å². The number of pyridine rings is 1. The first-order chi connectivity index (χ1) is 6.15. The Hall–Kier alpha value is -1.73. The van der Waals surface area contributed by atoms with Crippen molar-refractivity contribution in [1.82, 2.24) is 4.98 Å². The summed E-state index contributed by atoms with van der Waals surface area (Å²) in [5.41, 5.74) is 6.51. The van der Waals surface area contributed by atoms with E-state index in [2.05, 4.69) is 4.98 Å². The standard InChI is InChI=1S/C9H9N3O/c1-6(13)9(11)7-2-3-8(4-10)12-5-7/h2-3,5,9H,11H2,1H3. The number of hydrogen-bond donors (Lipinski definition) is 1. The average Bonchev–Trinajstić information content (AvgIpc) is 2.17. The van der Waals surface area contributed by atoms with E-state index >= 15 is 0 Å². The summed E-state index contributed by atoms with van der Waals surface area (Å²) in [5, 5.41) is 8.47. The molecule has 66 valence electrons. The molecule has 4 heteroatoms. The third-order valence-electron chi connectivity index (χ3n) is 1.70. The van der Waals surface area contributed by atoms with Crippen LogP contribution in [0.3, 0.4) is 0 Å². The van der Waals surface area contributed by atoms with Crippen LogP contribution in [0.5, 0.6) is 0 Å². The van der Waals surface area contributed by atoms with Crippen LogP contribution in [0, 0.1) is 11.3 Å². The van der Waals surface area contributed by atoms with Crippen molar-refractivity contribution < 1.29 is 4.79 Å². The molecule has 0 aliphatic carbocycles. The van der Waals surface area contributed by atoms with E-state index in [-0.39, 0.29) is 5.78 Å². The maximum Gasteiger partial charge on any atom is 0.151 e. The van der Waals surface area contributed by atoms with Crippen LogP contribution in [0.1, 0.15) is 24.2 Å². The molecule has 0 amide bonds. The number of nitriles is 1. The summed E-state index contributed by atoms with van der Waals surface area (Å²) in [6, 6.07) is 4.42. The maximum atomic E-state index is 10.9. The highest BCUT2D eigenvalue weighted by Crippen LogP contribution is 2.09. The fourth-order valence-electron chi connectivity index (χ4n) is 0.890. The predicted octanol–water partition coefficient (Wildman–Crippen LogP) is 0.542. The highest BCUT2D eigenvalue weighted by Gasteiger charge is 2.10. The van der Waals surface area contributed by atoms with Crippen molar-refractivity contribution in [2.75, 3.05) is 0 Å². The van der Waals surface area contributed by atoms with E-state index in [4.69, 9.17) is 11.0 Å². The zero-order chi connectivity index (χ0) is 9.84. The lowest BCUT2D eigenvalue weighted by Gasteiger charge is -2.06. The molecule has 1 aromatic heterocycles. The van der Waals surface area contributed by atoms with Crippen molar-refractivity contribution in [3.05, 3.63) is 29.6 Å². The van der Waals surface area contributed by atoms with Crippen molar-refractivity contribution in [2.24, 2.45) is 5.73 Å². The molecule has 0 saturated carbocycles. The summed E-state index contributed by atoms with van der Waals surface area (Å²) < 4.78 is 0. The molecular formula is C9H9N3O. The Morgan fingerprint density at radius 1 is 1.69 bits per heavy atom. The molecule has 0 spiro atoms. The van der Waals surface area contributed by atoms with E-state index in [1.165, 1.54) is 19.2 Å². The van der Waals surface area contributed by atoms with E-state index < -0.39 is 6.04 Å². The molecule has 1 rings (SSSR count). The normalized spacial score (nSPS) is 11.8. The second kappa shape index (κ2) is 3.78. The van der Waals surface area contributed by atoms with Gasteiger partial charge in [-0.1, -0.05) is 6.07 Å². The molecule has 0 aliphatic heterocycles. The van der Waals surface area contributed by atoms with Crippen molar-refractivity contribution >= 4 is 5.78 Å². The third kappa shape index (κ3) is 2.10. The number of nitrogens with zero attached hydrogens (tertiary/aromatic N) is 2. The van der Waals surface area contributed by atoms with Gasteiger partial charge in [0.15, 0.2) is 5.78 Å². The van der Waals surface area contributed by atoms with Crippen LogP contribution in [0.25, 0.3) is 0 Å². The van der Waals surface area contributed by atoms with Crippen LogP contribution in [-0.4, -0.2) is 10.8 Å². The van der Waals surface area contributed by atoms with Gasteiger partial charge in [0.1, 0.15) is 11.8 Å². The Balaban J connectivity index is 2.93. The SMILES string of the molecule is CC(=O)C(N)c1ccc(C#N)nc1. The highest BCUT2D eigenvalue weighted by molar-refractivity contribution is 5.82. The number of hydrogen-bond acceptors (Lipinski definition) is 4. The van der Waals surface area contributed by atoms with E-state index in [0.717, 1.165) is 0 Å². The van der Waals surface area contributed by atoms with Crippen LogP contribution in [-0.2, 0) is 4.79 Å². The fourth-order valence-corrected chi connectivity index (χ4v) is 0.890. The van der Waals surface area contributed by atoms with Gasteiger partial charge in [0.05, 0.1) is 6.04 Å². The first-order valence-corrected chi connectivity index (χ1v) is 3.77. The Morgan fingerprint density at radius 3 is 2.77 bits per heavy atom. The van der Waals surface area contributed by atoms with Crippen LogP contribution < -0.4 is 5.73 Å². The van der Waals surface area contributed by atoms with Gasteiger partial charge < -0.3 is 5.73 Å². The van der Waals surface area contributed by atoms with Crippen LogP contribution in [0.4, 0.5) is 0 Å². The molecule has 0 fully saturated rings. The molecule has 2 N–H and O–H groups in total. The number of carbonyl (C=O) groups excluding carboxylic acids is 1. The first-order valence-electron chi connectivity index (χ1n) is 3.77. The molecular weight excluding hydrogens is 166 g/mol. The summed E-state index contributed by atoms with van der Waals surface area (Å²) in [4.78, 5) is 14.7. The van der Waals surface area contributed by atoms with Gasteiger partial charge in [-0.05, 0) is 18.6 Å². The Bertz CT molecular complexity index is 350. The molecule has 0 saturated heterocycles. The number of Topliss-reactive ketones (excluding diaryl/α,β-unsaturated/α-hetero) is 1. The molecule has 0 bridgehead atoms. The molecule has 1 aromatic rings. The van der Waals surface area contributed by atoms with Crippen LogP contribution >= 0.6 is 0 Å². The lowest BCUT2D eigenvalue weighted by atomic mass is 10.1. The van der Waals surface area contributed by atoms with Gasteiger partial charge in [-0.15, -0.1) is 0 Å². The molecule has 0 aliphatic rings. The summed E-state index contributed by atoms with van der Waals surface area (Å²) in [6.07, 6.45) is 1.45. The van der Waals surface area contributed by atoms with E-state index in [1.807, 2.05) is 6.07 Å². The minimum atomic E-state index is -0.639. The zero-order valence-corrected chi connectivity index (χ0v) is 7.19. The minimum absolute atomic E-state index is 0.119. The quantitative estimate of drug-likeness (QED) is 0.711. The van der Waals surface area contributed by atoms with Crippen molar-refractivity contribution in [2.45, 2.75) is 13.0 Å². The van der Waals surface area contributed by atoms with Crippen LogP contribution in [0.15, 0.2) is 18.3 Å². The lowest BCUT2D eigenvalue weighted by molar-refractivity contribution is -0.118. The first kappa shape index (κ1) is 9.36. The van der Waals surface area contributed by atoms with Crippen molar-refractivity contribution in [3.63, 3.8) is 0 Å². The molecule has 4 nitrogen and oxygen atoms in total. The van der Waals surface area contributed by atoms with Crippen molar-refractivity contribution in [3.8, 4) is 6.07 Å². The summed E-state index contributed by atoms with van der Waals surface area (Å²) in [7, 11) is 0. The van der Waals surface area contributed by atoms with Gasteiger partial charge in [0.25, 0.3) is 0 Å². The largest absolute Gasteiger partial charge is 0.318 e. The average molecular weight is 175 g/mol. The van der Waals surface area contributed by atoms with Gasteiger partial charge in [0.2, 0.25) is 0 Å². The fraction of sp³-hybridized carbons (Fsp3) is 0.222. The zero-order valence-electron chi connectivity index (χ0n) is 7.19. The summed E-state index contributed by atoms with van der Waals surface area (Å²) in [6.45, 7) is 1.42. The molecule has 13 heavy (non-hydrogen) atoms. The minimum Gasteiger partial charge on any atom is -0.318 e. The third-order valence-corrected chi connectivity index (χ3v) is 1.70. The van der Waals surface area contributed by atoms with Crippen molar-refractivity contribution in [1.29, 1.82) is 5.26 Å². The Kier molecular flexibility index (Phi) is 2.72. The molecule has 0 radical (unpaired) electrons. The Labute approximate surface area is 76.0 Å². The van der Waals surface area contributed by atoms with Gasteiger partial charge in [0, 0.05) is 6.20 Å². The van der Waals surface area contributed by atoms with E-state index in [9.17, 15) is 4.79 Å². The lowest BCUT2D eigenvalue weighted by Crippen LogP contribution is -2.18. The summed E-state index contributed by atoms with van der Waals surface area (Å²) in [5.74, 6) is -0.119.